The Kier molecular flexibility index (Phi) is 8.71. The molecule has 44 heavy (non-hydrogen) atoms. The summed E-state index contributed by atoms with van der Waals surface area (Å²) in [7, 11) is 1.39. The van der Waals surface area contributed by atoms with Crippen molar-refractivity contribution in [3.05, 3.63) is 42.3 Å². The molecular weight excluding hydrogens is 571 g/mol. The fraction of sp³-hybridized carbons (Fsp3) is 0.636. The number of halogens is 3. The number of rotatable bonds is 9. The van der Waals surface area contributed by atoms with Crippen LogP contribution in [0.1, 0.15) is 70.3 Å². The summed E-state index contributed by atoms with van der Waals surface area (Å²) in [6.07, 6.45) is 12.4. The van der Waals surface area contributed by atoms with Gasteiger partial charge in [-0.15, -0.1) is 0 Å². The van der Waals surface area contributed by atoms with Gasteiger partial charge in [0.15, 0.2) is 0 Å². The maximum absolute atomic E-state index is 14.0. The number of aliphatic hydroxyl groups excluding tert-OH is 1. The highest BCUT2D eigenvalue weighted by molar-refractivity contribution is 5.92. The Bertz CT molecular complexity index is 1400. The molecule has 0 bridgehead atoms. The molecule has 1 spiro atoms. The number of anilines is 1. The summed E-state index contributed by atoms with van der Waals surface area (Å²) in [5.41, 5.74) is 5.85. The minimum atomic E-state index is -4.70. The fourth-order valence-electron chi connectivity index (χ4n) is 8.22. The molecule has 2 aliphatic carbocycles. The van der Waals surface area contributed by atoms with Gasteiger partial charge >= 0.3 is 6.18 Å². The first-order valence-corrected chi connectivity index (χ1v) is 16.0. The van der Waals surface area contributed by atoms with Crippen molar-refractivity contribution in [2.24, 2.45) is 23.0 Å². The summed E-state index contributed by atoms with van der Waals surface area (Å²) in [5.74, 6) is 0.787. The summed E-state index contributed by atoms with van der Waals surface area (Å²) in [6.45, 7) is 3.84. The number of primary amides is 1. The van der Waals surface area contributed by atoms with E-state index in [4.69, 9.17) is 20.7 Å². The number of allylic oxidation sites excluding steroid dienone is 3. The lowest BCUT2D eigenvalue weighted by Gasteiger charge is -2.53. The molecular formula is C33H44F3N5O3. The molecule has 2 aliphatic heterocycles. The number of methoxy groups -OCH3 is 1. The highest BCUT2D eigenvalue weighted by Crippen LogP contribution is 2.54. The van der Waals surface area contributed by atoms with Gasteiger partial charge in [0, 0.05) is 30.8 Å². The molecule has 2 aromatic rings. The number of hydrogen-bond acceptors (Lipinski definition) is 6. The molecule has 8 nitrogen and oxygen atoms in total. The molecule has 11 heteroatoms. The third-order valence-corrected chi connectivity index (χ3v) is 10.6. The van der Waals surface area contributed by atoms with Crippen LogP contribution in [0.25, 0.3) is 10.9 Å². The van der Waals surface area contributed by atoms with E-state index in [0.29, 0.717) is 28.8 Å². The number of amides is 1. The van der Waals surface area contributed by atoms with Gasteiger partial charge in [-0.2, -0.15) is 18.3 Å². The van der Waals surface area contributed by atoms with Crippen LogP contribution in [0.2, 0.25) is 0 Å². The van der Waals surface area contributed by atoms with Crippen LogP contribution in [0.5, 0.6) is 5.75 Å². The van der Waals surface area contributed by atoms with Crippen LogP contribution in [0.15, 0.2) is 42.3 Å². The largest absolute Gasteiger partial charge is 0.494 e. The summed E-state index contributed by atoms with van der Waals surface area (Å²) in [6, 6.07) is 2.17. The number of hydrogen-bond donors (Lipinski definition) is 2. The van der Waals surface area contributed by atoms with Crippen molar-refractivity contribution in [3.8, 4) is 5.75 Å². The van der Waals surface area contributed by atoms with Crippen LogP contribution in [0, 0.1) is 17.3 Å². The van der Waals surface area contributed by atoms with Gasteiger partial charge in [0.25, 0.3) is 0 Å². The number of piperidine rings is 1. The molecule has 6 rings (SSSR count). The second-order valence-electron chi connectivity index (χ2n) is 13.5. The van der Waals surface area contributed by atoms with Crippen molar-refractivity contribution in [2.75, 3.05) is 38.3 Å². The highest BCUT2D eigenvalue weighted by atomic mass is 19.4. The SMILES string of the molecule is COc1cc2nn(C3CCC(CN4CCC5(CC4)CC(CCCO)C5)CC3)cc2cc1N1C(C(F)(F)F)=CC=CC1C(N)=O. The zero-order valence-electron chi connectivity index (χ0n) is 25.4. The number of likely N-dealkylation sites (tertiary alicyclic amines) is 1. The first-order valence-electron chi connectivity index (χ1n) is 16.0. The number of aliphatic hydroxyl groups is 1. The van der Waals surface area contributed by atoms with E-state index < -0.39 is 23.8 Å². The monoisotopic (exact) mass is 615 g/mol. The Morgan fingerprint density at radius 2 is 1.86 bits per heavy atom. The van der Waals surface area contributed by atoms with Gasteiger partial charge in [0.1, 0.15) is 17.5 Å². The van der Waals surface area contributed by atoms with Crippen molar-refractivity contribution in [1.82, 2.24) is 14.7 Å². The number of benzene rings is 1. The van der Waals surface area contributed by atoms with Gasteiger partial charge in [-0.25, -0.2) is 0 Å². The molecule has 1 amide bonds. The van der Waals surface area contributed by atoms with Gasteiger partial charge in [0.2, 0.25) is 5.91 Å². The smallest absolute Gasteiger partial charge is 0.431 e. The van der Waals surface area contributed by atoms with Crippen molar-refractivity contribution in [1.29, 1.82) is 0 Å². The van der Waals surface area contributed by atoms with Crippen LogP contribution >= 0.6 is 0 Å². The van der Waals surface area contributed by atoms with E-state index in [1.54, 1.807) is 12.1 Å². The van der Waals surface area contributed by atoms with Gasteiger partial charge in [-0.05, 0) is 107 Å². The second-order valence-corrected chi connectivity index (χ2v) is 13.5. The molecule has 3 heterocycles. The molecule has 4 aliphatic rings. The summed E-state index contributed by atoms with van der Waals surface area (Å²) in [5, 5.41) is 14.6. The molecule has 1 aromatic carbocycles. The van der Waals surface area contributed by atoms with Gasteiger partial charge < -0.3 is 25.4 Å². The molecule has 1 atom stereocenters. The normalized spacial score (nSPS) is 26.2. The standard InChI is InChI=1S/C33H44F3N5O3/c1-44-29-17-26-24(16-28(29)41-27(31(37)43)5-2-6-30(41)33(34,35)36)21-40(38-26)25-9-7-22(8-10-25)20-39-13-11-32(12-14-39)18-23(19-32)4-3-15-42/h2,5-6,16-17,21-23,25,27,42H,3-4,7-15,18-20H2,1H3,(H2,37,43). The zero-order chi connectivity index (χ0) is 31.1. The zero-order valence-corrected chi connectivity index (χ0v) is 25.4. The number of alkyl halides is 3. The number of nitrogens with two attached hydrogens (primary N) is 1. The number of carbonyl (C=O) groups excluding carboxylic acids is 1. The quantitative estimate of drug-likeness (QED) is 0.375. The average molecular weight is 616 g/mol. The van der Waals surface area contributed by atoms with E-state index in [1.165, 1.54) is 64.5 Å². The molecule has 3 N–H and O–H groups in total. The van der Waals surface area contributed by atoms with Crippen molar-refractivity contribution >= 4 is 22.5 Å². The molecule has 3 fully saturated rings. The Morgan fingerprint density at radius 3 is 2.50 bits per heavy atom. The third-order valence-electron chi connectivity index (χ3n) is 10.6. The third kappa shape index (κ3) is 6.22. The molecule has 1 saturated heterocycles. The number of carbonyl (C=O) groups is 1. The molecule has 2 saturated carbocycles. The van der Waals surface area contributed by atoms with E-state index >= 15 is 0 Å². The molecule has 0 radical (unpaired) electrons. The Morgan fingerprint density at radius 1 is 1.14 bits per heavy atom. The maximum atomic E-state index is 14.0. The van der Waals surface area contributed by atoms with Crippen molar-refractivity contribution in [3.63, 3.8) is 0 Å². The number of nitrogens with zero attached hydrogens (tertiary/aromatic N) is 4. The van der Waals surface area contributed by atoms with E-state index in [1.807, 2.05) is 10.9 Å². The van der Waals surface area contributed by atoms with Crippen LogP contribution < -0.4 is 15.4 Å². The van der Waals surface area contributed by atoms with Gasteiger partial charge in [0.05, 0.1) is 24.4 Å². The minimum absolute atomic E-state index is 0.117. The van der Waals surface area contributed by atoms with E-state index in [9.17, 15) is 18.0 Å². The number of fused-ring (bicyclic) bond motifs is 1. The lowest BCUT2D eigenvalue weighted by atomic mass is 9.56. The Hall–Kier alpha value is -3.05. The van der Waals surface area contributed by atoms with Crippen LogP contribution in [-0.2, 0) is 4.79 Å². The van der Waals surface area contributed by atoms with Crippen molar-refractivity contribution in [2.45, 2.75) is 82.5 Å². The lowest BCUT2D eigenvalue weighted by Crippen LogP contribution is -2.48. The van der Waals surface area contributed by atoms with Gasteiger partial charge in [-0.3, -0.25) is 9.48 Å². The van der Waals surface area contributed by atoms with E-state index in [0.717, 1.165) is 55.5 Å². The highest BCUT2D eigenvalue weighted by Gasteiger charge is 2.46. The Balaban J connectivity index is 1.09. The Labute approximate surface area is 256 Å². The van der Waals surface area contributed by atoms with E-state index in [2.05, 4.69) is 4.90 Å². The van der Waals surface area contributed by atoms with Crippen molar-refractivity contribution < 1.29 is 27.8 Å². The van der Waals surface area contributed by atoms with Crippen LogP contribution in [-0.4, -0.2) is 71.3 Å². The number of ether oxygens (including phenoxy) is 1. The lowest BCUT2D eigenvalue weighted by molar-refractivity contribution is -0.119. The van der Waals surface area contributed by atoms with Crippen LogP contribution in [0.4, 0.5) is 18.9 Å². The summed E-state index contributed by atoms with van der Waals surface area (Å²) >= 11 is 0. The van der Waals surface area contributed by atoms with Gasteiger partial charge in [-0.1, -0.05) is 12.2 Å². The number of aromatic nitrogens is 2. The van der Waals surface area contributed by atoms with E-state index in [-0.39, 0.29) is 17.5 Å². The summed E-state index contributed by atoms with van der Waals surface area (Å²) in [4.78, 5) is 15.8. The predicted octanol–water partition coefficient (Wildman–Crippen LogP) is 5.72. The first-order chi connectivity index (χ1) is 21.1. The topological polar surface area (TPSA) is 96.8 Å². The maximum Gasteiger partial charge on any atom is 0.431 e. The summed E-state index contributed by atoms with van der Waals surface area (Å²) < 4.78 is 49.6. The predicted molar refractivity (Wildman–Crippen MR) is 163 cm³/mol. The molecule has 1 unspecified atom stereocenters. The second kappa shape index (κ2) is 12.4. The van der Waals surface area contributed by atoms with Crippen LogP contribution in [0.3, 0.4) is 0 Å². The fourth-order valence-corrected chi connectivity index (χ4v) is 8.22. The average Bonchev–Trinajstić information content (AvgIpc) is 3.41. The molecule has 240 valence electrons. The minimum Gasteiger partial charge on any atom is -0.494 e. The molecule has 1 aromatic heterocycles. The first kappa shape index (κ1) is 31.0.